The molecular weight excluding hydrogens is 366 g/mol. The lowest BCUT2D eigenvalue weighted by Gasteiger charge is -2.02. The van der Waals surface area contributed by atoms with E-state index in [0.29, 0.717) is 11.4 Å². The van der Waals surface area contributed by atoms with E-state index in [0.717, 1.165) is 11.0 Å². The standard InChI is InChI=1S/C18H19N5O3S/c1-22-17(16-8-5-10-19-14-16)21-23(18(22)24)12-11-20-27(25,26)13-9-15-6-3-2-4-7-15/h2-10,13-14,20H,11-12H2,1H3/b13-9+. The van der Waals surface area contributed by atoms with E-state index >= 15 is 0 Å². The zero-order valence-corrected chi connectivity index (χ0v) is 15.5. The Bertz CT molecular complexity index is 1090. The van der Waals surface area contributed by atoms with E-state index in [-0.39, 0.29) is 18.8 Å². The van der Waals surface area contributed by atoms with Gasteiger partial charge in [0, 0.05) is 37.0 Å². The van der Waals surface area contributed by atoms with Crippen LogP contribution in [-0.4, -0.2) is 34.3 Å². The van der Waals surface area contributed by atoms with Crippen molar-refractivity contribution in [1.29, 1.82) is 0 Å². The SMILES string of the molecule is Cn1c(-c2cccnc2)nn(CCNS(=O)(=O)/C=C/c2ccccc2)c1=O. The van der Waals surface area contributed by atoms with Crippen LogP contribution in [-0.2, 0) is 23.6 Å². The van der Waals surface area contributed by atoms with Gasteiger partial charge >= 0.3 is 5.69 Å². The minimum atomic E-state index is -3.61. The molecule has 0 amide bonds. The van der Waals surface area contributed by atoms with Gasteiger partial charge in [0.15, 0.2) is 5.82 Å². The minimum Gasteiger partial charge on any atom is -0.278 e. The Morgan fingerprint density at radius 1 is 1.15 bits per heavy atom. The number of hydrogen-bond acceptors (Lipinski definition) is 5. The Morgan fingerprint density at radius 3 is 2.63 bits per heavy atom. The highest BCUT2D eigenvalue weighted by Crippen LogP contribution is 2.12. The number of hydrogen-bond donors (Lipinski definition) is 1. The second-order valence-electron chi connectivity index (χ2n) is 5.78. The van der Waals surface area contributed by atoms with Gasteiger partial charge in [-0.25, -0.2) is 22.6 Å². The Hall–Kier alpha value is -3.04. The average molecular weight is 385 g/mol. The summed E-state index contributed by atoms with van der Waals surface area (Å²) >= 11 is 0. The van der Waals surface area contributed by atoms with Crippen molar-refractivity contribution in [2.75, 3.05) is 6.54 Å². The van der Waals surface area contributed by atoms with Gasteiger partial charge < -0.3 is 0 Å². The first-order valence-corrected chi connectivity index (χ1v) is 9.78. The number of benzene rings is 1. The molecule has 0 saturated heterocycles. The molecule has 0 spiro atoms. The van der Waals surface area contributed by atoms with Crippen molar-refractivity contribution >= 4 is 16.1 Å². The molecule has 9 heteroatoms. The molecular formula is C18H19N5O3S. The molecule has 0 atom stereocenters. The monoisotopic (exact) mass is 385 g/mol. The van der Waals surface area contributed by atoms with Gasteiger partial charge in [0.1, 0.15) is 0 Å². The molecule has 0 fully saturated rings. The third-order valence-corrected chi connectivity index (χ3v) is 4.93. The van der Waals surface area contributed by atoms with Gasteiger partial charge in [-0.2, -0.15) is 0 Å². The van der Waals surface area contributed by atoms with Crippen LogP contribution in [0.15, 0.2) is 65.1 Å². The molecule has 1 aromatic carbocycles. The molecule has 3 aromatic rings. The van der Waals surface area contributed by atoms with Gasteiger partial charge in [-0.15, -0.1) is 5.10 Å². The topological polar surface area (TPSA) is 98.9 Å². The molecule has 3 rings (SSSR count). The fourth-order valence-corrected chi connectivity index (χ4v) is 3.26. The van der Waals surface area contributed by atoms with E-state index in [1.807, 2.05) is 18.2 Å². The normalized spacial score (nSPS) is 11.9. The maximum Gasteiger partial charge on any atom is 0.345 e. The summed E-state index contributed by atoms with van der Waals surface area (Å²) in [4.78, 5) is 16.3. The summed E-state index contributed by atoms with van der Waals surface area (Å²) < 4.78 is 29.2. The molecule has 140 valence electrons. The van der Waals surface area contributed by atoms with E-state index in [1.165, 1.54) is 15.3 Å². The minimum absolute atomic E-state index is 0.0465. The van der Waals surface area contributed by atoms with Crippen molar-refractivity contribution in [3.63, 3.8) is 0 Å². The summed E-state index contributed by atoms with van der Waals surface area (Å²) in [7, 11) is -2.00. The lowest BCUT2D eigenvalue weighted by Crippen LogP contribution is -2.30. The van der Waals surface area contributed by atoms with Gasteiger partial charge in [-0.3, -0.25) is 9.55 Å². The van der Waals surface area contributed by atoms with E-state index in [2.05, 4.69) is 14.8 Å². The highest BCUT2D eigenvalue weighted by Gasteiger charge is 2.12. The summed E-state index contributed by atoms with van der Waals surface area (Å²) in [6.07, 6.45) is 4.76. The molecule has 8 nitrogen and oxygen atoms in total. The van der Waals surface area contributed by atoms with Crippen LogP contribution in [0.2, 0.25) is 0 Å². The lowest BCUT2D eigenvalue weighted by atomic mass is 10.2. The smallest absolute Gasteiger partial charge is 0.278 e. The summed E-state index contributed by atoms with van der Waals surface area (Å²) in [6.45, 7) is 0.163. The Morgan fingerprint density at radius 2 is 1.93 bits per heavy atom. The van der Waals surface area contributed by atoms with Crippen LogP contribution in [0.3, 0.4) is 0 Å². The van der Waals surface area contributed by atoms with E-state index in [1.54, 1.807) is 43.7 Å². The van der Waals surface area contributed by atoms with Crippen molar-refractivity contribution in [3.8, 4) is 11.4 Å². The molecule has 2 heterocycles. The fourth-order valence-electron chi connectivity index (χ4n) is 2.45. The second-order valence-corrected chi connectivity index (χ2v) is 7.43. The molecule has 0 unspecified atom stereocenters. The van der Waals surface area contributed by atoms with Crippen LogP contribution in [0.5, 0.6) is 0 Å². The predicted octanol–water partition coefficient (Wildman–Crippen LogP) is 1.23. The summed E-state index contributed by atoms with van der Waals surface area (Å²) in [5.41, 5.74) is 1.17. The van der Waals surface area contributed by atoms with Crippen molar-refractivity contribution < 1.29 is 8.42 Å². The van der Waals surface area contributed by atoms with Crippen molar-refractivity contribution in [2.45, 2.75) is 6.54 Å². The summed E-state index contributed by atoms with van der Waals surface area (Å²) in [5.74, 6) is 0.472. The number of nitrogens with zero attached hydrogens (tertiary/aromatic N) is 4. The number of nitrogens with one attached hydrogen (secondary N) is 1. The van der Waals surface area contributed by atoms with Crippen LogP contribution in [0.25, 0.3) is 17.5 Å². The van der Waals surface area contributed by atoms with Crippen LogP contribution in [0.1, 0.15) is 5.56 Å². The molecule has 0 aliphatic rings. The quantitative estimate of drug-likeness (QED) is 0.660. The Labute approximate surface area is 156 Å². The van der Waals surface area contributed by atoms with Crippen molar-refractivity contribution in [3.05, 3.63) is 76.3 Å². The van der Waals surface area contributed by atoms with Gasteiger partial charge in [0.05, 0.1) is 6.54 Å². The first kappa shape index (κ1) is 18.7. The Balaban J connectivity index is 1.65. The molecule has 2 aromatic heterocycles. The number of pyridine rings is 1. The van der Waals surface area contributed by atoms with Crippen LogP contribution >= 0.6 is 0 Å². The molecule has 0 radical (unpaired) electrons. The van der Waals surface area contributed by atoms with Crippen molar-refractivity contribution in [2.24, 2.45) is 7.05 Å². The highest BCUT2D eigenvalue weighted by atomic mass is 32.2. The molecule has 0 saturated carbocycles. The molecule has 0 aliphatic carbocycles. The number of sulfonamides is 1. The van der Waals surface area contributed by atoms with Crippen LogP contribution < -0.4 is 10.4 Å². The van der Waals surface area contributed by atoms with E-state index in [9.17, 15) is 13.2 Å². The largest absolute Gasteiger partial charge is 0.345 e. The summed E-state index contributed by atoms with van der Waals surface area (Å²) in [6, 6.07) is 12.7. The molecule has 0 aliphatic heterocycles. The maximum absolute atomic E-state index is 12.3. The lowest BCUT2D eigenvalue weighted by molar-refractivity contribution is 0.556. The zero-order valence-electron chi connectivity index (χ0n) is 14.7. The van der Waals surface area contributed by atoms with E-state index in [4.69, 9.17) is 0 Å². The first-order chi connectivity index (χ1) is 13.0. The summed E-state index contributed by atoms with van der Waals surface area (Å²) in [5, 5.41) is 5.37. The number of aromatic nitrogens is 4. The second kappa shape index (κ2) is 8.11. The van der Waals surface area contributed by atoms with Gasteiger partial charge in [0.25, 0.3) is 0 Å². The Kier molecular flexibility index (Phi) is 5.63. The zero-order chi connectivity index (χ0) is 19.3. The van der Waals surface area contributed by atoms with Gasteiger partial charge in [-0.05, 0) is 23.8 Å². The van der Waals surface area contributed by atoms with Gasteiger partial charge in [0.2, 0.25) is 10.0 Å². The van der Waals surface area contributed by atoms with E-state index < -0.39 is 10.0 Å². The molecule has 27 heavy (non-hydrogen) atoms. The maximum atomic E-state index is 12.3. The van der Waals surface area contributed by atoms with Crippen molar-refractivity contribution in [1.82, 2.24) is 24.1 Å². The fraction of sp³-hybridized carbons (Fsp3) is 0.167. The first-order valence-electron chi connectivity index (χ1n) is 8.23. The third kappa shape index (κ3) is 4.78. The third-order valence-electron chi connectivity index (χ3n) is 3.83. The van der Waals surface area contributed by atoms with Crippen LogP contribution in [0, 0.1) is 0 Å². The van der Waals surface area contributed by atoms with Crippen LogP contribution in [0.4, 0.5) is 0 Å². The molecule has 1 N–H and O–H groups in total. The highest BCUT2D eigenvalue weighted by molar-refractivity contribution is 7.92. The average Bonchev–Trinajstić information content (AvgIpc) is 2.96. The van der Waals surface area contributed by atoms with Gasteiger partial charge in [-0.1, -0.05) is 30.3 Å². The number of rotatable bonds is 7. The molecule has 0 bridgehead atoms. The predicted molar refractivity (Wildman–Crippen MR) is 103 cm³/mol.